The highest BCUT2D eigenvalue weighted by Crippen LogP contribution is 2.36. The van der Waals surface area contributed by atoms with Crippen LogP contribution in [0.2, 0.25) is 0 Å². The summed E-state index contributed by atoms with van der Waals surface area (Å²) in [6, 6.07) is 11.4. The Hall–Kier alpha value is -2.58. The number of thiazole rings is 1. The van der Waals surface area contributed by atoms with Crippen LogP contribution in [0.3, 0.4) is 0 Å². The summed E-state index contributed by atoms with van der Waals surface area (Å²) < 4.78 is 33.6. The van der Waals surface area contributed by atoms with Crippen molar-refractivity contribution in [2.75, 3.05) is 0 Å². The van der Waals surface area contributed by atoms with Gasteiger partial charge >= 0.3 is 10.1 Å². The average molecular weight is 529 g/mol. The van der Waals surface area contributed by atoms with Crippen LogP contribution in [0.1, 0.15) is 102 Å². The van der Waals surface area contributed by atoms with E-state index in [9.17, 15) is 13.2 Å². The van der Waals surface area contributed by atoms with Crippen molar-refractivity contribution in [1.82, 2.24) is 4.98 Å². The van der Waals surface area contributed by atoms with Crippen LogP contribution in [0, 0.1) is 5.41 Å². The van der Waals surface area contributed by atoms with E-state index in [2.05, 4.69) is 24.0 Å². The zero-order valence-corrected chi connectivity index (χ0v) is 24.2. The molecule has 194 valence electrons. The molecule has 0 aliphatic rings. The summed E-state index contributed by atoms with van der Waals surface area (Å²) in [5.41, 5.74) is 2.25. The molecule has 0 atom stereocenters. The lowest BCUT2D eigenvalue weighted by molar-refractivity contribution is -0.119. The van der Waals surface area contributed by atoms with Crippen molar-refractivity contribution in [2.45, 2.75) is 85.0 Å². The molecule has 2 aromatic carbocycles. The third-order valence-electron chi connectivity index (χ3n) is 5.95. The summed E-state index contributed by atoms with van der Waals surface area (Å²) in [4.78, 5) is 18.0. The number of Topliss-reactive ketones (excluding diaryl/α,β-unsaturated/α-hetero) is 1. The molecule has 0 aliphatic carbocycles. The van der Waals surface area contributed by atoms with Gasteiger partial charge in [0.15, 0.2) is 11.5 Å². The number of fused-ring (bicyclic) bond motifs is 1. The Kier molecular flexibility index (Phi) is 8.10. The van der Waals surface area contributed by atoms with Crippen molar-refractivity contribution in [1.29, 1.82) is 0 Å². The zero-order valence-electron chi connectivity index (χ0n) is 22.5. The van der Waals surface area contributed by atoms with E-state index in [0.717, 1.165) is 10.3 Å². The van der Waals surface area contributed by atoms with E-state index < -0.39 is 15.5 Å². The van der Waals surface area contributed by atoms with Gasteiger partial charge in [-0.1, -0.05) is 91.7 Å². The van der Waals surface area contributed by atoms with Gasteiger partial charge in [0.25, 0.3) is 0 Å². The molecule has 0 N–H and O–H groups in total. The number of hydrogen-bond donors (Lipinski definition) is 0. The van der Waals surface area contributed by atoms with Crippen molar-refractivity contribution >= 4 is 43.2 Å². The number of oxime groups is 1. The third-order valence-corrected chi connectivity index (χ3v) is 8.23. The molecule has 1 heterocycles. The number of para-hydroxylation sites is 1. The smallest absolute Gasteiger partial charge is 0.292 e. The van der Waals surface area contributed by atoms with Crippen LogP contribution in [0.5, 0.6) is 0 Å². The van der Waals surface area contributed by atoms with Crippen molar-refractivity contribution in [3.8, 4) is 0 Å². The molecule has 0 radical (unpaired) electrons. The van der Waals surface area contributed by atoms with E-state index in [1.54, 1.807) is 20.8 Å². The molecular weight excluding hydrogens is 492 g/mol. The van der Waals surface area contributed by atoms with Crippen LogP contribution in [-0.4, -0.2) is 24.9 Å². The maximum Gasteiger partial charge on any atom is 0.359 e. The van der Waals surface area contributed by atoms with Crippen molar-refractivity contribution in [2.24, 2.45) is 10.6 Å². The van der Waals surface area contributed by atoms with Crippen LogP contribution in [0.4, 0.5) is 0 Å². The highest BCUT2D eigenvalue weighted by Gasteiger charge is 2.33. The highest BCUT2D eigenvalue weighted by atomic mass is 32.2. The normalized spacial score (nSPS) is 13.3. The van der Waals surface area contributed by atoms with E-state index in [1.807, 2.05) is 64.1 Å². The van der Waals surface area contributed by atoms with Crippen LogP contribution in [0.25, 0.3) is 10.2 Å². The van der Waals surface area contributed by atoms with Crippen LogP contribution >= 0.6 is 11.3 Å². The fraction of sp³-hybridized carbons (Fsp3) is 0.464. The SMILES string of the molecule is CC(C)c1cc(C(C)C)c(S(=O)(=O)O/N=C(\C(=O)C(C)(C)C)c2nc3ccccc3s2)c(C(C)C)c1. The predicted molar refractivity (Wildman–Crippen MR) is 148 cm³/mol. The van der Waals surface area contributed by atoms with Crippen LogP contribution in [0.15, 0.2) is 46.4 Å². The first-order valence-electron chi connectivity index (χ1n) is 12.2. The van der Waals surface area contributed by atoms with Gasteiger partial charge in [-0.15, -0.1) is 11.3 Å². The molecule has 3 aromatic rings. The lowest BCUT2D eigenvalue weighted by atomic mass is 9.88. The molecule has 0 spiro atoms. The van der Waals surface area contributed by atoms with Gasteiger partial charge in [0, 0.05) is 5.41 Å². The Morgan fingerprint density at radius 2 is 1.50 bits per heavy atom. The van der Waals surface area contributed by atoms with Gasteiger partial charge < -0.3 is 0 Å². The van der Waals surface area contributed by atoms with Crippen LogP contribution in [-0.2, 0) is 19.2 Å². The molecule has 0 saturated carbocycles. The Labute approximate surface area is 218 Å². The largest absolute Gasteiger partial charge is 0.359 e. The minimum absolute atomic E-state index is 0.0570. The second-order valence-electron chi connectivity index (χ2n) is 11.0. The molecule has 3 rings (SSSR count). The Morgan fingerprint density at radius 1 is 0.944 bits per heavy atom. The van der Waals surface area contributed by atoms with Crippen LogP contribution < -0.4 is 0 Å². The van der Waals surface area contributed by atoms with Crippen molar-refractivity contribution < 1.29 is 17.5 Å². The molecule has 0 fully saturated rings. The second-order valence-corrected chi connectivity index (χ2v) is 13.5. The molecular formula is C28H36N2O4S2. The zero-order chi connectivity index (χ0) is 27.0. The number of carbonyl (C=O) groups is 1. The molecule has 0 saturated heterocycles. The topological polar surface area (TPSA) is 85.7 Å². The predicted octanol–water partition coefficient (Wildman–Crippen LogP) is 7.39. The molecule has 0 amide bonds. The maximum absolute atomic E-state index is 13.7. The average Bonchev–Trinajstić information content (AvgIpc) is 3.21. The summed E-state index contributed by atoms with van der Waals surface area (Å²) in [7, 11) is -4.33. The van der Waals surface area contributed by atoms with Crippen molar-refractivity contribution in [3.63, 3.8) is 0 Å². The number of carbonyl (C=O) groups excluding carboxylic acids is 1. The van der Waals surface area contributed by atoms with E-state index in [-0.39, 0.29) is 34.1 Å². The highest BCUT2D eigenvalue weighted by molar-refractivity contribution is 7.86. The summed E-state index contributed by atoms with van der Waals surface area (Å²) in [6.07, 6.45) is 0. The molecule has 0 aliphatic heterocycles. The minimum atomic E-state index is -4.33. The lowest BCUT2D eigenvalue weighted by Gasteiger charge is -2.22. The number of rotatable bonds is 8. The first kappa shape index (κ1) is 28.0. The van der Waals surface area contributed by atoms with E-state index >= 15 is 0 Å². The van der Waals surface area contributed by atoms with E-state index in [1.165, 1.54) is 11.3 Å². The molecule has 6 nitrogen and oxygen atoms in total. The van der Waals surface area contributed by atoms with Gasteiger partial charge in [-0.05, 0) is 46.6 Å². The Bertz CT molecular complexity index is 1350. The van der Waals surface area contributed by atoms with Gasteiger partial charge in [0.1, 0.15) is 9.90 Å². The van der Waals surface area contributed by atoms with Gasteiger partial charge in [-0.3, -0.25) is 9.08 Å². The fourth-order valence-corrected chi connectivity index (χ4v) is 6.17. The van der Waals surface area contributed by atoms with Gasteiger partial charge in [-0.25, -0.2) is 4.98 Å². The standard InChI is InChI=1S/C28H36N2O4S2/c1-16(2)19-14-20(17(3)4)25(21(15-19)18(5)6)36(32,33)34-30-24(26(31)28(7,8)9)27-29-22-12-10-11-13-23(22)35-27/h10-18H,1-9H3/b30-24+. The number of hydrogen-bond acceptors (Lipinski definition) is 7. The Morgan fingerprint density at radius 3 is 1.97 bits per heavy atom. The molecule has 0 bridgehead atoms. The number of aromatic nitrogens is 1. The molecule has 1 aromatic heterocycles. The number of benzene rings is 2. The number of ketones is 1. The van der Waals surface area contributed by atoms with Gasteiger partial charge in [0.2, 0.25) is 0 Å². The van der Waals surface area contributed by atoms with E-state index in [0.29, 0.717) is 21.7 Å². The van der Waals surface area contributed by atoms with E-state index in [4.69, 9.17) is 4.28 Å². The van der Waals surface area contributed by atoms with Gasteiger partial charge in [-0.2, -0.15) is 8.42 Å². The quantitative estimate of drug-likeness (QED) is 0.225. The fourth-order valence-electron chi connectivity index (χ4n) is 3.81. The summed E-state index contributed by atoms with van der Waals surface area (Å²) in [6.45, 7) is 17.3. The van der Waals surface area contributed by atoms with Gasteiger partial charge in [0.05, 0.1) is 10.2 Å². The molecule has 36 heavy (non-hydrogen) atoms. The summed E-state index contributed by atoms with van der Waals surface area (Å²) in [5.74, 6) is -0.220. The Balaban J connectivity index is 2.19. The lowest BCUT2D eigenvalue weighted by Crippen LogP contribution is -2.30. The van der Waals surface area contributed by atoms with Crippen molar-refractivity contribution in [3.05, 3.63) is 58.1 Å². The summed E-state index contributed by atoms with van der Waals surface area (Å²) >= 11 is 1.28. The molecule has 0 unspecified atom stereocenters. The molecule has 8 heteroatoms. The monoisotopic (exact) mass is 528 g/mol. The summed E-state index contributed by atoms with van der Waals surface area (Å²) in [5, 5.41) is 4.32. The number of nitrogens with zero attached hydrogens (tertiary/aromatic N) is 2. The first-order valence-corrected chi connectivity index (χ1v) is 14.5. The maximum atomic E-state index is 13.7. The second kappa shape index (κ2) is 10.4. The third kappa shape index (κ3) is 5.86. The first-order chi connectivity index (χ1) is 16.6. The minimum Gasteiger partial charge on any atom is -0.292 e.